The van der Waals surface area contributed by atoms with Gasteiger partial charge >= 0.3 is 0 Å². The molecule has 3 aromatic heterocycles. The van der Waals surface area contributed by atoms with Gasteiger partial charge in [-0.1, -0.05) is 0 Å². The quantitative estimate of drug-likeness (QED) is 0.626. The first-order valence-electron chi connectivity index (χ1n) is 7.44. The normalized spacial score (nSPS) is 22.1. The number of imidazole rings is 1. The van der Waals surface area contributed by atoms with Crippen molar-refractivity contribution >= 4 is 33.3 Å². The number of rotatable bonds is 3. The first-order chi connectivity index (χ1) is 11.1. The van der Waals surface area contributed by atoms with E-state index in [4.69, 9.17) is 0 Å². The van der Waals surface area contributed by atoms with Gasteiger partial charge in [0.2, 0.25) is 11.3 Å². The molecule has 4 heterocycles. The zero-order chi connectivity index (χ0) is 16.1. The third-order valence-corrected chi connectivity index (χ3v) is 5.12. The number of aromatic nitrogens is 4. The summed E-state index contributed by atoms with van der Waals surface area (Å²) < 4.78 is 24.1. The largest absolute Gasteiger partial charge is 0.385 e. The molecule has 1 aliphatic heterocycles. The van der Waals surface area contributed by atoms with Crippen molar-refractivity contribution in [2.75, 3.05) is 13.1 Å². The molecule has 0 amide bonds. The summed E-state index contributed by atoms with van der Waals surface area (Å²) in [7, 11) is 0. The molecule has 0 aliphatic carbocycles. The Labute approximate surface area is 134 Å². The number of H-pyrrole nitrogens is 1. The van der Waals surface area contributed by atoms with Gasteiger partial charge in [0.05, 0.1) is 17.8 Å². The van der Waals surface area contributed by atoms with E-state index >= 15 is 0 Å². The van der Waals surface area contributed by atoms with Crippen LogP contribution in [0.2, 0.25) is 0 Å². The predicted molar refractivity (Wildman–Crippen MR) is 86.0 cm³/mol. The Balaban J connectivity index is 1.94. The van der Waals surface area contributed by atoms with Crippen LogP contribution in [0.5, 0.6) is 0 Å². The van der Waals surface area contributed by atoms with Crippen LogP contribution < -0.4 is 0 Å². The number of aromatic amines is 1. The lowest BCUT2D eigenvalue weighted by molar-refractivity contribution is 0.182. The maximum Gasteiger partial charge on any atom is 0.234 e. The zero-order valence-corrected chi connectivity index (χ0v) is 13.3. The fourth-order valence-electron chi connectivity index (χ4n) is 3.34. The van der Waals surface area contributed by atoms with Crippen LogP contribution in [0.3, 0.4) is 0 Å². The zero-order valence-electron chi connectivity index (χ0n) is 12.5. The first kappa shape index (κ1) is 14.8. The van der Waals surface area contributed by atoms with Crippen LogP contribution in [0.4, 0.5) is 0 Å². The maximum absolute atomic E-state index is 11.3. The Bertz CT molecular complexity index is 902. The Kier molecular flexibility index (Phi) is 3.45. The van der Waals surface area contributed by atoms with Crippen molar-refractivity contribution in [1.82, 2.24) is 23.8 Å². The number of aliphatic hydroxyl groups excluding tert-OH is 1. The summed E-state index contributed by atoms with van der Waals surface area (Å²) in [6.07, 6.45) is 3.50. The summed E-state index contributed by atoms with van der Waals surface area (Å²) in [6.45, 7) is 2.66. The molecular formula is C14H17N5O3S. The molecule has 122 valence electrons. The molecule has 8 nitrogen and oxygen atoms in total. The van der Waals surface area contributed by atoms with Gasteiger partial charge in [0.1, 0.15) is 23.1 Å². The second-order valence-electron chi connectivity index (χ2n) is 5.81. The number of pyridine rings is 1. The summed E-state index contributed by atoms with van der Waals surface area (Å²) in [5.41, 5.74) is 2.38. The van der Waals surface area contributed by atoms with Gasteiger partial charge < -0.3 is 14.7 Å². The first-order valence-corrected chi connectivity index (χ1v) is 8.50. The van der Waals surface area contributed by atoms with E-state index in [2.05, 4.69) is 15.0 Å². The van der Waals surface area contributed by atoms with E-state index in [1.807, 2.05) is 16.8 Å². The van der Waals surface area contributed by atoms with E-state index in [1.165, 1.54) is 4.31 Å². The molecule has 3 aromatic rings. The second-order valence-corrected chi connectivity index (χ2v) is 6.79. The molecule has 9 heteroatoms. The Morgan fingerprint density at radius 3 is 3.04 bits per heavy atom. The summed E-state index contributed by atoms with van der Waals surface area (Å²) >= 11 is -1.98. The average molecular weight is 335 g/mol. The Morgan fingerprint density at radius 1 is 1.52 bits per heavy atom. The molecule has 2 unspecified atom stereocenters. The number of nitrogens with zero attached hydrogens (tertiary/aromatic N) is 4. The molecule has 0 bridgehead atoms. The van der Waals surface area contributed by atoms with Gasteiger partial charge in [-0.2, -0.15) is 4.31 Å². The molecule has 3 atom stereocenters. The minimum absolute atomic E-state index is 0.0128. The summed E-state index contributed by atoms with van der Waals surface area (Å²) in [5.74, 6) is 0.561. The molecular weight excluding hydrogens is 318 g/mol. The third-order valence-electron chi connectivity index (χ3n) is 4.35. The Hall–Kier alpha value is -1.81. The molecule has 1 fully saturated rings. The van der Waals surface area contributed by atoms with E-state index in [0.29, 0.717) is 18.9 Å². The summed E-state index contributed by atoms with van der Waals surface area (Å²) in [6, 6.07) is 1.92. The second kappa shape index (κ2) is 5.38. The van der Waals surface area contributed by atoms with Crippen molar-refractivity contribution in [1.29, 1.82) is 0 Å². The minimum atomic E-state index is -1.98. The standard InChI is InChI=1S/C14H17N5O3S/c1-8(20)14-17-11-6-16-13-10(2-4-15-13)12(11)19(14)9-3-5-18(7-9)23(21)22/h2,4,6,8-9,20H,3,5,7H2,1H3,(H,15,16)(H,21,22)/t8-,9?/m1/s1. The van der Waals surface area contributed by atoms with E-state index in [0.717, 1.165) is 28.5 Å². The van der Waals surface area contributed by atoms with Gasteiger partial charge in [-0.3, -0.25) is 4.55 Å². The summed E-state index contributed by atoms with van der Waals surface area (Å²) in [4.78, 5) is 12.0. The molecule has 23 heavy (non-hydrogen) atoms. The SMILES string of the molecule is C[C@@H](O)c1nc2cnc3[nH]ccc3c2n1C1CCN(S(=O)O)C1. The van der Waals surface area contributed by atoms with Crippen LogP contribution >= 0.6 is 0 Å². The maximum atomic E-state index is 11.3. The highest BCUT2D eigenvalue weighted by atomic mass is 32.2. The number of aliphatic hydroxyl groups is 1. The van der Waals surface area contributed by atoms with Gasteiger partial charge in [-0.15, -0.1) is 0 Å². The highest BCUT2D eigenvalue weighted by Gasteiger charge is 2.31. The van der Waals surface area contributed by atoms with E-state index in [9.17, 15) is 13.9 Å². The van der Waals surface area contributed by atoms with Crippen molar-refractivity contribution in [2.45, 2.75) is 25.5 Å². The molecule has 0 aromatic carbocycles. The molecule has 0 radical (unpaired) electrons. The highest BCUT2D eigenvalue weighted by molar-refractivity contribution is 7.76. The Morgan fingerprint density at radius 2 is 2.35 bits per heavy atom. The molecule has 1 saturated heterocycles. The van der Waals surface area contributed by atoms with Crippen molar-refractivity contribution in [3.8, 4) is 0 Å². The lowest BCUT2D eigenvalue weighted by atomic mass is 10.2. The highest BCUT2D eigenvalue weighted by Crippen LogP contribution is 2.33. The summed E-state index contributed by atoms with van der Waals surface area (Å²) in [5, 5.41) is 11.1. The predicted octanol–water partition coefficient (Wildman–Crippen LogP) is 1.35. The van der Waals surface area contributed by atoms with Gasteiger partial charge in [0, 0.05) is 24.7 Å². The van der Waals surface area contributed by atoms with Crippen LogP contribution in [-0.2, 0) is 11.3 Å². The van der Waals surface area contributed by atoms with Crippen LogP contribution in [0.1, 0.15) is 31.3 Å². The minimum Gasteiger partial charge on any atom is -0.385 e. The fourth-order valence-corrected chi connectivity index (χ4v) is 3.90. The number of hydrogen-bond acceptors (Lipinski definition) is 4. The van der Waals surface area contributed by atoms with Crippen LogP contribution in [0.15, 0.2) is 18.5 Å². The van der Waals surface area contributed by atoms with E-state index in [-0.39, 0.29) is 6.04 Å². The molecule has 0 spiro atoms. The van der Waals surface area contributed by atoms with E-state index < -0.39 is 17.4 Å². The lowest BCUT2D eigenvalue weighted by Gasteiger charge is -2.18. The molecule has 4 rings (SSSR count). The smallest absolute Gasteiger partial charge is 0.234 e. The number of hydrogen-bond donors (Lipinski definition) is 3. The monoisotopic (exact) mass is 335 g/mol. The van der Waals surface area contributed by atoms with Crippen molar-refractivity contribution in [3.05, 3.63) is 24.3 Å². The van der Waals surface area contributed by atoms with Gasteiger partial charge in [0.15, 0.2) is 0 Å². The van der Waals surface area contributed by atoms with Crippen molar-refractivity contribution in [2.24, 2.45) is 0 Å². The van der Waals surface area contributed by atoms with Crippen LogP contribution in [0, 0.1) is 0 Å². The van der Waals surface area contributed by atoms with E-state index in [1.54, 1.807) is 13.1 Å². The van der Waals surface area contributed by atoms with Crippen LogP contribution in [-0.4, -0.2) is 50.8 Å². The van der Waals surface area contributed by atoms with Crippen molar-refractivity contribution in [3.63, 3.8) is 0 Å². The fraction of sp³-hybridized carbons (Fsp3) is 0.429. The molecule has 0 saturated carbocycles. The number of fused-ring (bicyclic) bond motifs is 3. The average Bonchev–Trinajstić information content (AvgIpc) is 3.22. The van der Waals surface area contributed by atoms with Crippen molar-refractivity contribution < 1.29 is 13.9 Å². The van der Waals surface area contributed by atoms with Crippen LogP contribution in [0.25, 0.3) is 22.1 Å². The molecule has 3 N–H and O–H groups in total. The van der Waals surface area contributed by atoms with Gasteiger partial charge in [0.25, 0.3) is 0 Å². The third kappa shape index (κ3) is 2.27. The number of nitrogens with one attached hydrogen (secondary N) is 1. The molecule has 1 aliphatic rings. The topological polar surface area (TPSA) is 107 Å². The lowest BCUT2D eigenvalue weighted by Crippen LogP contribution is -2.24. The van der Waals surface area contributed by atoms with Gasteiger partial charge in [-0.05, 0) is 19.4 Å². The van der Waals surface area contributed by atoms with Gasteiger partial charge in [-0.25, -0.2) is 14.2 Å².